The molecule has 0 aliphatic carbocycles. The Morgan fingerprint density at radius 1 is 1.23 bits per heavy atom. The Morgan fingerprint density at radius 3 is 2.42 bits per heavy atom. The minimum atomic E-state index is -3.08. The molecule has 1 aliphatic rings. The lowest BCUT2D eigenvalue weighted by Crippen LogP contribution is -2.25. The monoisotopic (exact) mass is 379 g/mol. The van der Waals surface area contributed by atoms with Crippen LogP contribution in [0.15, 0.2) is 28.0 Å². The number of nitrogens with zero attached hydrogens (tertiary/aromatic N) is 2. The molecule has 8 nitrogen and oxygen atoms in total. The molecule has 0 spiro atoms. The molecular formula is C17H21N3O5S. The molecule has 1 aliphatic heterocycles. The molecule has 1 fully saturated rings. The van der Waals surface area contributed by atoms with Gasteiger partial charge in [-0.05, 0) is 13.3 Å². The molecule has 26 heavy (non-hydrogen) atoms. The van der Waals surface area contributed by atoms with Gasteiger partial charge >= 0.3 is 0 Å². The van der Waals surface area contributed by atoms with Crippen LogP contribution in [0, 0.1) is 6.92 Å². The highest BCUT2D eigenvalue weighted by molar-refractivity contribution is 7.91. The van der Waals surface area contributed by atoms with Gasteiger partial charge in [0.25, 0.3) is 5.56 Å². The Labute approximate surface area is 151 Å². The Kier molecular flexibility index (Phi) is 4.90. The first-order chi connectivity index (χ1) is 12.3. The summed E-state index contributed by atoms with van der Waals surface area (Å²) in [7, 11) is 0.0212. The Bertz CT molecular complexity index is 982. The first-order valence-corrected chi connectivity index (χ1v) is 9.94. The molecule has 2 aromatic rings. The van der Waals surface area contributed by atoms with Gasteiger partial charge in [-0.1, -0.05) is 0 Å². The molecule has 2 heterocycles. The maximum Gasteiger partial charge on any atom is 0.275 e. The number of H-pyrrole nitrogens is 1. The van der Waals surface area contributed by atoms with Crippen molar-refractivity contribution in [2.24, 2.45) is 4.99 Å². The minimum absolute atomic E-state index is 0.0173. The Balaban J connectivity index is 1.92. The van der Waals surface area contributed by atoms with Crippen LogP contribution in [0.1, 0.15) is 23.7 Å². The van der Waals surface area contributed by atoms with Crippen molar-refractivity contribution < 1.29 is 17.9 Å². The summed E-state index contributed by atoms with van der Waals surface area (Å²) in [5.41, 5.74) is 1.34. The number of aliphatic imine (C=N–C) groups is 1. The zero-order valence-corrected chi connectivity index (χ0v) is 15.7. The van der Waals surface area contributed by atoms with Crippen molar-refractivity contribution in [2.45, 2.75) is 19.4 Å². The van der Waals surface area contributed by atoms with Crippen LogP contribution >= 0.6 is 0 Å². The number of ether oxygens (including phenoxy) is 2. The summed E-state index contributed by atoms with van der Waals surface area (Å²) >= 11 is 0. The summed E-state index contributed by atoms with van der Waals surface area (Å²) in [5.74, 6) is 1.28. The number of aromatic nitrogens is 2. The third kappa shape index (κ3) is 3.67. The molecule has 140 valence electrons. The number of aryl methyl sites for hydroxylation is 1. The molecule has 1 unspecified atom stereocenters. The van der Waals surface area contributed by atoms with Gasteiger partial charge < -0.3 is 9.47 Å². The standard InChI is InChI=1S/C17H21N3O5S/c1-11-16(9-18-12-6-14(24-2)8-15(7-12)25-3)17(21)20(19-11)13-4-5-26(22,23)10-13/h6-9,13,19H,4-5,10H2,1-3H3. The van der Waals surface area contributed by atoms with Gasteiger partial charge in [0, 0.05) is 30.1 Å². The van der Waals surface area contributed by atoms with Crippen molar-refractivity contribution in [3.63, 3.8) is 0 Å². The molecule has 0 saturated carbocycles. The predicted octanol–water partition coefficient (Wildman–Crippen LogP) is 1.61. The van der Waals surface area contributed by atoms with Gasteiger partial charge in [0.1, 0.15) is 11.5 Å². The third-order valence-corrected chi connectivity index (χ3v) is 6.14. The summed E-state index contributed by atoms with van der Waals surface area (Å²) in [4.78, 5) is 17.0. The Morgan fingerprint density at radius 2 is 1.88 bits per heavy atom. The highest BCUT2D eigenvalue weighted by Gasteiger charge is 2.31. The lowest BCUT2D eigenvalue weighted by atomic mass is 10.2. The van der Waals surface area contributed by atoms with E-state index in [1.54, 1.807) is 39.3 Å². The molecule has 1 aromatic heterocycles. The van der Waals surface area contributed by atoms with Crippen LogP contribution in [0.3, 0.4) is 0 Å². The van der Waals surface area contributed by atoms with Crippen LogP contribution in [-0.4, -0.2) is 50.1 Å². The van der Waals surface area contributed by atoms with Crippen LogP contribution < -0.4 is 15.0 Å². The van der Waals surface area contributed by atoms with E-state index in [0.29, 0.717) is 34.9 Å². The molecule has 1 N–H and O–H groups in total. The second kappa shape index (κ2) is 6.99. The highest BCUT2D eigenvalue weighted by Crippen LogP contribution is 2.27. The second-order valence-corrected chi connectivity index (χ2v) is 8.44. The van der Waals surface area contributed by atoms with Crippen molar-refractivity contribution in [3.8, 4) is 11.5 Å². The van der Waals surface area contributed by atoms with E-state index in [9.17, 15) is 13.2 Å². The van der Waals surface area contributed by atoms with E-state index in [4.69, 9.17) is 9.47 Å². The van der Waals surface area contributed by atoms with E-state index in [2.05, 4.69) is 10.1 Å². The van der Waals surface area contributed by atoms with Crippen LogP contribution in [0.4, 0.5) is 5.69 Å². The van der Waals surface area contributed by atoms with Crippen molar-refractivity contribution >= 4 is 21.7 Å². The normalized spacial score (nSPS) is 19.1. The number of sulfone groups is 1. The first kappa shape index (κ1) is 18.2. The number of aromatic amines is 1. The van der Waals surface area contributed by atoms with Crippen molar-refractivity contribution in [3.05, 3.63) is 39.8 Å². The van der Waals surface area contributed by atoms with Gasteiger partial charge in [-0.2, -0.15) is 0 Å². The van der Waals surface area contributed by atoms with E-state index >= 15 is 0 Å². The van der Waals surface area contributed by atoms with Crippen molar-refractivity contribution in [2.75, 3.05) is 25.7 Å². The SMILES string of the molecule is COc1cc(N=Cc2c(C)[nH]n(C3CCS(=O)(=O)C3)c2=O)cc(OC)c1. The summed E-state index contributed by atoms with van der Waals surface area (Å²) in [5, 5.41) is 2.97. The van der Waals surface area contributed by atoms with Crippen LogP contribution in [-0.2, 0) is 9.84 Å². The van der Waals surface area contributed by atoms with E-state index < -0.39 is 9.84 Å². The largest absolute Gasteiger partial charge is 0.497 e. The molecular weight excluding hydrogens is 358 g/mol. The number of rotatable bonds is 5. The molecule has 1 saturated heterocycles. The maximum absolute atomic E-state index is 12.7. The molecule has 0 radical (unpaired) electrons. The fourth-order valence-electron chi connectivity index (χ4n) is 2.98. The van der Waals surface area contributed by atoms with Gasteiger partial charge in [0.05, 0.1) is 43.0 Å². The predicted molar refractivity (Wildman–Crippen MR) is 98.9 cm³/mol. The number of hydrogen-bond acceptors (Lipinski definition) is 6. The van der Waals surface area contributed by atoms with E-state index in [1.807, 2.05) is 0 Å². The lowest BCUT2D eigenvalue weighted by Gasteiger charge is -2.07. The van der Waals surface area contributed by atoms with Gasteiger partial charge in [-0.15, -0.1) is 0 Å². The van der Waals surface area contributed by atoms with E-state index in [-0.39, 0.29) is 23.1 Å². The maximum atomic E-state index is 12.7. The molecule has 0 amide bonds. The number of nitrogens with one attached hydrogen (secondary N) is 1. The van der Waals surface area contributed by atoms with E-state index in [1.165, 1.54) is 10.9 Å². The number of benzene rings is 1. The van der Waals surface area contributed by atoms with Crippen molar-refractivity contribution in [1.82, 2.24) is 9.78 Å². The van der Waals surface area contributed by atoms with Crippen molar-refractivity contribution in [1.29, 1.82) is 0 Å². The van der Waals surface area contributed by atoms with Crippen LogP contribution in [0.5, 0.6) is 11.5 Å². The molecule has 1 aromatic carbocycles. The second-order valence-electron chi connectivity index (χ2n) is 6.21. The highest BCUT2D eigenvalue weighted by atomic mass is 32.2. The molecule has 9 heteroatoms. The topological polar surface area (TPSA) is 103 Å². The molecule has 0 bridgehead atoms. The minimum Gasteiger partial charge on any atom is -0.497 e. The summed E-state index contributed by atoms with van der Waals surface area (Å²) < 4.78 is 35.1. The fourth-order valence-corrected chi connectivity index (χ4v) is 4.68. The summed E-state index contributed by atoms with van der Waals surface area (Å²) in [6.07, 6.45) is 1.91. The smallest absolute Gasteiger partial charge is 0.275 e. The van der Waals surface area contributed by atoms with E-state index in [0.717, 1.165) is 0 Å². The van der Waals surface area contributed by atoms with Gasteiger partial charge in [-0.25, -0.2) is 13.1 Å². The summed E-state index contributed by atoms with van der Waals surface area (Å²) in [6.45, 7) is 1.76. The quantitative estimate of drug-likeness (QED) is 0.795. The van der Waals surface area contributed by atoms with Crippen LogP contribution in [0.2, 0.25) is 0 Å². The van der Waals surface area contributed by atoms with Gasteiger partial charge in [0.2, 0.25) is 0 Å². The number of methoxy groups -OCH3 is 2. The zero-order valence-electron chi connectivity index (χ0n) is 14.9. The third-order valence-electron chi connectivity index (χ3n) is 4.39. The first-order valence-electron chi connectivity index (χ1n) is 8.11. The van der Waals surface area contributed by atoms with Crippen LogP contribution in [0.25, 0.3) is 0 Å². The molecule has 1 atom stereocenters. The Hall–Kier alpha value is -2.55. The number of hydrogen-bond donors (Lipinski definition) is 1. The summed E-state index contributed by atoms with van der Waals surface area (Å²) in [6, 6.07) is 4.82. The van der Waals surface area contributed by atoms with Gasteiger partial charge in [0.15, 0.2) is 9.84 Å². The van der Waals surface area contributed by atoms with Gasteiger partial charge in [-0.3, -0.25) is 14.9 Å². The zero-order chi connectivity index (χ0) is 18.9. The average Bonchev–Trinajstić information content (AvgIpc) is 3.11. The fraction of sp³-hybridized carbons (Fsp3) is 0.412. The average molecular weight is 379 g/mol. The lowest BCUT2D eigenvalue weighted by molar-refractivity contribution is 0.394. The molecule has 3 rings (SSSR count).